The van der Waals surface area contributed by atoms with Gasteiger partial charge in [-0.05, 0) is 43.9 Å². The summed E-state index contributed by atoms with van der Waals surface area (Å²) in [4.78, 5) is 29.6. The van der Waals surface area contributed by atoms with Gasteiger partial charge in [0.05, 0.1) is 11.4 Å². The Kier molecular flexibility index (Phi) is 8.75. The summed E-state index contributed by atoms with van der Waals surface area (Å²) in [6.07, 6.45) is 12.1. The van der Waals surface area contributed by atoms with Gasteiger partial charge in [-0.1, -0.05) is 43.9 Å². The number of amides is 2. The van der Waals surface area contributed by atoms with Crippen molar-refractivity contribution in [3.05, 3.63) is 72.4 Å². The van der Waals surface area contributed by atoms with Crippen LogP contribution >= 0.6 is 0 Å². The van der Waals surface area contributed by atoms with E-state index in [0.29, 0.717) is 17.9 Å². The van der Waals surface area contributed by atoms with Crippen LogP contribution in [0.1, 0.15) is 59.8 Å². The van der Waals surface area contributed by atoms with Crippen LogP contribution in [0, 0.1) is 0 Å². The Morgan fingerprint density at radius 1 is 1.20 bits per heavy atom. The van der Waals surface area contributed by atoms with Gasteiger partial charge in [0.15, 0.2) is 5.69 Å². The normalized spacial score (nSPS) is 11.5. The first kappa shape index (κ1) is 22.8. The summed E-state index contributed by atoms with van der Waals surface area (Å²) < 4.78 is 1.49. The van der Waals surface area contributed by atoms with E-state index in [2.05, 4.69) is 46.4 Å². The van der Waals surface area contributed by atoms with Gasteiger partial charge in [0.1, 0.15) is 5.69 Å². The van der Waals surface area contributed by atoms with E-state index in [1.165, 1.54) is 4.68 Å². The Bertz CT molecular complexity index is 956. The molecule has 0 saturated heterocycles. The zero-order valence-electron chi connectivity index (χ0n) is 17.8. The molecule has 30 heavy (non-hydrogen) atoms. The lowest BCUT2D eigenvalue weighted by Gasteiger charge is -2.07. The summed E-state index contributed by atoms with van der Waals surface area (Å²) in [5.74, 6) is -0.738. The topological polar surface area (TPSA) is 88.9 Å². The van der Waals surface area contributed by atoms with Crippen LogP contribution in [0.2, 0.25) is 0 Å². The predicted octanol–water partition coefficient (Wildman–Crippen LogP) is 4.13. The number of aryl methyl sites for hydroxylation is 1. The number of allylic oxidation sites excluding steroid dienone is 5. The van der Waals surface area contributed by atoms with Crippen LogP contribution < -0.4 is 10.6 Å². The summed E-state index contributed by atoms with van der Waals surface area (Å²) in [6, 6.07) is 5.19. The summed E-state index contributed by atoms with van der Waals surface area (Å²) >= 11 is 0. The number of hydrogen-bond acceptors (Lipinski definition) is 4. The number of unbranched alkanes of at least 4 members (excludes halogenated alkanes) is 1. The minimum atomic E-state index is -0.414. The van der Waals surface area contributed by atoms with Crippen LogP contribution in [0.3, 0.4) is 0 Å². The molecular weight excluding hydrogens is 378 g/mol. The van der Waals surface area contributed by atoms with Crippen molar-refractivity contribution in [1.82, 2.24) is 20.1 Å². The second-order valence-corrected chi connectivity index (χ2v) is 6.65. The van der Waals surface area contributed by atoms with Gasteiger partial charge in [-0.15, -0.1) is 0 Å². The van der Waals surface area contributed by atoms with Crippen LogP contribution in [0.5, 0.6) is 0 Å². The number of carbonyl (C=O) groups excluding carboxylic acids is 2. The van der Waals surface area contributed by atoms with Gasteiger partial charge in [-0.3, -0.25) is 14.3 Å². The molecule has 0 fully saturated rings. The van der Waals surface area contributed by atoms with Crippen molar-refractivity contribution in [3.63, 3.8) is 0 Å². The van der Waals surface area contributed by atoms with E-state index >= 15 is 0 Å². The molecule has 0 saturated carbocycles. The fourth-order valence-corrected chi connectivity index (χ4v) is 2.82. The molecule has 0 unspecified atom stereocenters. The van der Waals surface area contributed by atoms with E-state index in [-0.39, 0.29) is 17.3 Å². The number of aromatic nitrogens is 3. The maximum atomic E-state index is 12.7. The van der Waals surface area contributed by atoms with E-state index in [1.807, 2.05) is 19.1 Å². The highest BCUT2D eigenvalue weighted by Crippen LogP contribution is 2.16. The largest absolute Gasteiger partial charge is 0.351 e. The molecule has 7 nitrogen and oxygen atoms in total. The first-order valence-electron chi connectivity index (χ1n) is 10.0. The van der Waals surface area contributed by atoms with Gasteiger partial charge >= 0.3 is 0 Å². The molecule has 158 valence electrons. The Morgan fingerprint density at radius 3 is 2.67 bits per heavy atom. The molecule has 0 aliphatic heterocycles. The highest BCUT2D eigenvalue weighted by atomic mass is 16.2. The molecule has 2 amide bonds. The van der Waals surface area contributed by atoms with E-state index in [0.717, 1.165) is 24.8 Å². The quantitative estimate of drug-likeness (QED) is 0.352. The number of rotatable bonds is 10. The van der Waals surface area contributed by atoms with Crippen molar-refractivity contribution in [2.75, 3.05) is 11.9 Å². The van der Waals surface area contributed by atoms with E-state index in [4.69, 9.17) is 0 Å². The average molecular weight is 408 g/mol. The smallest absolute Gasteiger partial charge is 0.274 e. The molecule has 7 heteroatoms. The van der Waals surface area contributed by atoms with E-state index < -0.39 is 5.91 Å². The van der Waals surface area contributed by atoms with Crippen LogP contribution in [-0.4, -0.2) is 33.1 Å². The zero-order valence-corrected chi connectivity index (χ0v) is 17.8. The highest BCUT2D eigenvalue weighted by molar-refractivity contribution is 6.07. The summed E-state index contributed by atoms with van der Waals surface area (Å²) in [6.45, 7) is 8.26. The second-order valence-electron chi connectivity index (χ2n) is 6.65. The fourth-order valence-electron chi connectivity index (χ4n) is 2.82. The summed E-state index contributed by atoms with van der Waals surface area (Å²) in [7, 11) is 1.70. The monoisotopic (exact) mass is 407 g/mol. The number of anilines is 1. The third-order valence-electron chi connectivity index (χ3n) is 4.34. The lowest BCUT2D eigenvalue weighted by molar-refractivity contribution is 0.0948. The minimum Gasteiger partial charge on any atom is -0.351 e. The summed E-state index contributed by atoms with van der Waals surface area (Å²) in [5, 5.41) is 9.79. The molecule has 2 heterocycles. The number of pyridine rings is 1. The van der Waals surface area contributed by atoms with Crippen molar-refractivity contribution in [2.24, 2.45) is 7.05 Å². The zero-order chi connectivity index (χ0) is 21.9. The van der Waals surface area contributed by atoms with Crippen LogP contribution in [0.4, 0.5) is 5.69 Å². The molecule has 0 aromatic carbocycles. The standard InChI is InChI=1S/C23H29N5O2/c1-5-8-9-10-11-15-24-23(30)21-20(16-28(4)27-21)26-22(29)19-14-12-13-18(25-19)17(6-2)7-3/h6-9,12-14,16H,2,5,10-11,15H2,1,3-4H3,(H,24,30)(H,26,29)/b9-8+,17-7+. The third kappa shape index (κ3) is 6.27. The van der Waals surface area contributed by atoms with Gasteiger partial charge in [-0.2, -0.15) is 5.10 Å². The van der Waals surface area contributed by atoms with Gasteiger partial charge in [0.2, 0.25) is 0 Å². The van der Waals surface area contributed by atoms with Crippen LogP contribution in [0.25, 0.3) is 5.57 Å². The predicted molar refractivity (Wildman–Crippen MR) is 120 cm³/mol. The molecular formula is C23H29N5O2. The number of nitrogens with one attached hydrogen (secondary N) is 2. The van der Waals surface area contributed by atoms with Crippen LogP contribution in [-0.2, 0) is 7.05 Å². The average Bonchev–Trinajstić information content (AvgIpc) is 3.11. The maximum absolute atomic E-state index is 12.7. The van der Waals surface area contributed by atoms with Crippen molar-refractivity contribution in [1.29, 1.82) is 0 Å². The first-order chi connectivity index (χ1) is 14.5. The molecule has 0 aliphatic rings. The molecule has 2 aromatic heterocycles. The lowest BCUT2D eigenvalue weighted by Crippen LogP contribution is -2.26. The highest BCUT2D eigenvalue weighted by Gasteiger charge is 2.19. The Balaban J connectivity index is 2.08. The molecule has 2 aromatic rings. The number of carbonyl (C=O) groups is 2. The van der Waals surface area contributed by atoms with E-state index in [9.17, 15) is 9.59 Å². The van der Waals surface area contributed by atoms with Gasteiger partial charge < -0.3 is 10.6 Å². The minimum absolute atomic E-state index is 0.173. The SMILES string of the molecule is C=C/C(=C\C)c1cccc(C(=O)Nc2cn(C)nc2C(=O)NCCC/C=C/CC)n1. The first-order valence-corrected chi connectivity index (χ1v) is 10.0. The molecule has 0 atom stereocenters. The molecule has 0 radical (unpaired) electrons. The van der Waals surface area contributed by atoms with Gasteiger partial charge in [0.25, 0.3) is 11.8 Å². The lowest BCUT2D eigenvalue weighted by atomic mass is 10.1. The third-order valence-corrected chi connectivity index (χ3v) is 4.34. The van der Waals surface area contributed by atoms with Crippen molar-refractivity contribution in [2.45, 2.75) is 33.1 Å². The van der Waals surface area contributed by atoms with E-state index in [1.54, 1.807) is 31.5 Å². The molecule has 0 aliphatic carbocycles. The van der Waals surface area contributed by atoms with Crippen molar-refractivity contribution in [3.8, 4) is 0 Å². The Labute approximate surface area is 177 Å². The Hall–Kier alpha value is -3.48. The molecule has 0 spiro atoms. The number of nitrogens with zero attached hydrogens (tertiary/aromatic N) is 3. The van der Waals surface area contributed by atoms with Crippen molar-refractivity contribution < 1.29 is 9.59 Å². The molecule has 2 N–H and O–H groups in total. The molecule has 2 rings (SSSR count). The van der Waals surface area contributed by atoms with Gasteiger partial charge in [0, 0.05) is 19.8 Å². The molecule has 0 bridgehead atoms. The Morgan fingerprint density at radius 2 is 1.97 bits per heavy atom. The second kappa shape index (κ2) is 11.5. The number of hydrogen-bond donors (Lipinski definition) is 2. The maximum Gasteiger partial charge on any atom is 0.274 e. The van der Waals surface area contributed by atoms with Crippen molar-refractivity contribution >= 4 is 23.1 Å². The van der Waals surface area contributed by atoms with Crippen LogP contribution in [0.15, 0.2) is 55.3 Å². The summed E-state index contributed by atoms with van der Waals surface area (Å²) in [5.41, 5.74) is 2.24. The van der Waals surface area contributed by atoms with Gasteiger partial charge in [-0.25, -0.2) is 4.98 Å². The fraction of sp³-hybridized carbons (Fsp3) is 0.304.